The standard InChI is InChI=1S/C15H19N5O2/c1-11-4-6-12(7-5-11)15-13(3-2-8-22-15)17-14(21)9-20-10-16-18-19-20/h4-7,10,13,15H,2-3,8-9H2,1H3,(H,17,21)/t13-,15-/m0/s1. The Hall–Kier alpha value is -2.28. The Labute approximate surface area is 128 Å². The SMILES string of the molecule is Cc1ccc([C@@H]2OCCC[C@@H]2NC(=O)Cn2cnnn2)cc1. The molecule has 1 N–H and O–H groups in total. The Kier molecular flexibility index (Phi) is 4.43. The number of hydrogen-bond acceptors (Lipinski definition) is 5. The van der Waals surface area contributed by atoms with Crippen LogP contribution in [0.3, 0.4) is 0 Å². The molecule has 1 aromatic heterocycles. The number of carbonyl (C=O) groups is 1. The fourth-order valence-corrected chi connectivity index (χ4v) is 2.67. The highest BCUT2D eigenvalue weighted by Gasteiger charge is 2.28. The molecule has 1 saturated heterocycles. The van der Waals surface area contributed by atoms with Crippen molar-refractivity contribution in [3.05, 3.63) is 41.7 Å². The number of aryl methyl sites for hydroxylation is 1. The van der Waals surface area contributed by atoms with Crippen molar-refractivity contribution < 1.29 is 9.53 Å². The average molecular weight is 301 g/mol. The van der Waals surface area contributed by atoms with Gasteiger partial charge in [0.15, 0.2) is 0 Å². The molecular formula is C15H19N5O2. The Balaban J connectivity index is 1.67. The minimum absolute atomic E-state index is 0.0274. The van der Waals surface area contributed by atoms with Crippen molar-refractivity contribution in [1.29, 1.82) is 0 Å². The third-order valence-corrected chi connectivity index (χ3v) is 3.77. The Morgan fingerprint density at radius 1 is 1.41 bits per heavy atom. The molecule has 1 aliphatic rings. The molecule has 1 amide bonds. The van der Waals surface area contributed by atoms with E-state index in [0.29, 0.717) is 0 Å². The number of ether oxygens (including phenoxy) is 1. The summed E-state index contributed by atoms with van der Waals surface area (Å²) in [6.07, 6.45) is 3.17. The van der Waals surface area contributed by atoms with Crippen molar-refractivity contribution in [3.63, 3.8) is 0 Å². The highest BCUT2D eigenvalue weighted by Crippen LogP contribution is 2.28. The van der Waals surface area contributed by atoms with E-state index in [-0.39, 0.29) is 24.6 Å². The molecule has 1 fully saturated rings. The lowest BCUT2D eigenvalue weighted by molar-refractivity contribution is -0.125. The average Bonchev–Trinajstić information content (AvgIpc) is 3.01. The molecule has 1 aromatic carbocycles. The second-order valence-corrected chi connectivity index (χ2v) is 5.53. The van der Waals surface area contributed by atoms with Crippen LogP contribution in [-0.4, -0.2) is 38.8 Å². The quantitative estimate of drug-likeness (QED) is 0.911. The molecular weight excluding hydrogens is 282 g/mol. The van der Waals surface area contributed by atoms with Crippen molar-refractivity contribution in [2.45, 2.75) is 38.5 Å². The fraction of sp³-hybridized carbons (Fsp3) is 0.467. The maximum absolute atomic E-state index is 12.1. The molecule has 0 radical (unpaired) electrons. The number of nitrogens with zero attached hydrogens (tertiary/aromatic N) is 4. The van der Waals surface area contributed by atoms with Crippen molar-refractivity contribution in [2.24, 2.45) is 0 Å². The van der Waals surface area contributed by atoms with Crippen molar-refractivity contribution in [3.8, 4) is 0 Å². The second-order valence-electron chi connectivity index (χ2n) is 5.53. The topological polar surface area (TPSA) is 81.9 Å². The first kappa shape index (κ1) is 14.6. The van der Waals surface area contributed by atoms with Crippen LogP contribution < -0.4 is 5.32 Å². The van der Waals surface area contributed by atoms with Gasteiger partial charge in [-0.15, -0.1) is 5.10 Å². The smallest absolute Gasteiger partial charge is 0.242 e. The van der Waals surface area contributed by atoms with Gasteiger partial charge in [0.2, 0.25) is 5.91 Å². The van der Waals surface area contributed by atoms with Gasteiger partial charge in [0.05, 0.1) is 6.04 Å². The number of hydrogen-bond donors (Lipinski definition) is 1. The first-order valence-electron chi connectivity index (χ1n) is 7.40. The highest BCUT2D eigenvalue weighted by molar-refractivity contribution is 5.76. The van der Waals surface area contributed by atoms with Crippen molar-refractivity contribution in [1.82, 2.24) is 25.5 Å². The molecule has 0 saturated carbocycles. The van der Waals surface area contributed by atoms with Gasteiger partial charge in [0, 0.05) is 6.61 Å². The van der Waals surface area contributed by atoms with Gasteiger partial charge in [-0.3, -0.25) is 4.79 Å². The molecule has 116 valence electrons. The fourth-order valence-electron chi connectivity index (χ4n) is 2.67. The molecule has 1 aliphatic heterocycles. The summed E-state index contributed by atoms with van der Waals surface area (Å²) in [5, 5.41) is 13.8. The molecule has 0 bridgehead atoms. The molecule has 0 aliphatic carbocycles. The monoisotopic (exact) mass is 301 g/mol. The molecule has 7 nitrogen and oxygen atoms in total. The van der Waals surface area contributed by atoms with E-state index in [1.165, 1.54) is 16.6 Å². The minimum atomic E-state index is -0.111. The predicted octanol–water partition coefficient (Wildman–Crippen LogP) is 1.02. The van der Waals surface area contributed by atoms with Crippen LogP contribution in [0.2, 0.25) is 0 Å². The molecule has 2 aromatic rings. The maximum Gasteiger partial charge on any atom is 0.242 e. The van der Waals surface area contributed by atoms with Crippen LogP contribution in [0.15, 0.2) is 30.6 Å². The summed E-state index contributed by atoms with van der Waals surface area (Å²) in [5.41, 5.74) is 2.30. The summed E-state index contributed by atoms with van der Waals surface area (Å²) in [6, 6.07) is 8.22. The predicted molar refractivity (Wildman–Crippen MR) is 78.9 cm³/mol. The summed E-state index contributed by atoms with van der Waals surface area (Å²) in [6.45, 7) is 2.89. The van der Waals surface area contributed by atoms with Crippen LogP contribution in [0.4, 0.5) is 0 Å². The highest BCUT2D eigenvalue weighted by atomic mass is 16.5. The van der Waals surface area contributed by atoms with Crippen molar-refractivity contribution in [2.75, 3.05) is 6.61 Å². The van der Waals surface area contributed by atoms with Gasteiger partial charge in [-0.25, -0.2) is 4.68 Å². The summed E-state index contributed by atoms with van der Waals surface area (Å²) in [7, 11) is 0. The number of nitrogens with one attached hydrogen (secondary N) is 1. The van der Waals surface area contributed by atoms with E-state index in [0.717, 1.165) is 25.0 Å². The van der Waals surface area contributed by atoms with Gasteiger partial charge >= 0.3 is 0 Å². The number of tetrazole rings is 1. The Morgan fingerprint density at radius 3 is 2.95 bits per heavy atom. The minimum Gasteiger partial charge on any atom is -0.371 e. The summed E-state index contributed by atoms with van der Waals surface area (Å²) in [4.78, 5) is 12.1. The van der Waals surface area contributed by atoms with Gasteiger partial charge < -0.3 is 10.1 Å². The van der Waals surface area contributed by atoms with E-state index in [9.17, 15) is 4.79 Å². The van der Waals surface area contributed by atoms with Crippen LogP contribution in [0.5, 0.6) is 0 Å². The Bertz CT molecular complexity index is 611. The molecule has 3 rings (SSSR count). The zero-order valence-corrected chi connectivity index (χ0v) is 12.5. The largest absolute Gasteiger partial charge is 0.371 e. The van der Waals surface area contributed by atoms with Crippen LogP contribution in [-0.2, 0) is 16.1 Å². The first-order chi connectivity index (χ1) is 10.7. The van der Waals surface area contributed by atoms with Gasteiger partial charge in [0.25, 0.3) is 0 Å². The van der Waals surface area contributed by atoms with Crippen LogP contribution >= 0.6 is 0 Å². The summed E-state index contributed by atoms with van der Waals surface area (Å²) < 4.78 is 7.29. The number of carbonyl (C=O) groups excluding carboxylic acids is 1. The van der Waals surface area contributed by atoms with Crippen molar-refractivity contribution >= 4 is 5.91 Å². The molecule has 2 heterocycles. The van der Waals surface area contributed by atoms with E-state index in [4.69, 9.17) is 4.74 Å². The van der Waals surface area contributed by atoms with E-state index in [2.05, 4.69) is 52.0 Å². The molecule has 22 heavy (non-hydrogen) atoms. The summed E-state index contributed by atoms with van der Waals surface area (Å²) >= 11 is 0. The summed E-state index contributed by atoms with van der Waals surface area (Å²) in [5.74, 6) is -0.111. The number of amides is 1. The van der Waals surface area contributed by atoms with Gasteiger partial charge in [-0.2, -0.15) is 0 Å². The van der Waals surface area contributed by atoms with Gasteiger partial charge in [0.1, 0.15) is 19.0 Å². The number of aromatic nitrogens is 4. The van der Waals surface area contributed by atoms with Gasteiger partial charge in [-0.1, -0.05) is 29.8 Å². The van der Waals surface area contributed by atoms with Crippen LogP contribution in [0.25, 0.3) is 0 Å². The lowest BCUT2D eigenvalue weighted by Crippen LogP contribution is -2.44. The van der Waals surface area contributed by atoms with E-state index >= 15 is 0 Å². The van der Waals surface area contributed by atoms with Crippen LogP contribution in [0.1, 0.15) is 30.1 Å². The number of benzene rings is 1. The van der Waals surface area contributed by atoms with E-state index in [1.807, 2.05) is 0 Å². The zero-order chi connectivity index (χ0) is 15.4. The van der Waals surface area contributed by atoms with E-state index in [1.54, 1.807) is 0 Å². The molecule has 0 spiro atoms. The second kappa shape index (κ2) is 6.65. The molecule has 2 atom stereocenters. The maximum atomic E-state index is 12.1. The lowest BCUT2D eigenvalue weighted by Gasteiger charge is -2.32. The normalized spacial score (nSPS) is 21.5. The van der Waals surface area contributed by atoms with Gasteiger partial charge in [-0.05, 0) is 35.8 Å². The van der Waals surface area contributed by atoms with E-state index < -0.39 is 0 Å². The third kappa shape index (κ3) is 3.48. The van der Waals surface area contributed by atoms with Crippen LogP contribution in [0, 0.1) is 6.92 Å². The zero-order valence-electron chi connectivity index (χ0n) is 12.5. The molecule has 0 unspecified atom stereocenters. The third-order valence-electron chi connectivity index (χ3n) is 3.77. The number of rotatable bonds is 4. The Morgan fingerprint density at radius 2 is 2.23 bits per heavy atom. The lowest BCUT2D eigenvalue weighted by atomic mass is 9.95. The first-order valence-corrected chi connectivity index (χ1v) is 7.40. The molecule has 7 heteroatoms.